The monoisotopic (exact) mass is 355 g/mol. The Morgan fingerprint density at radius 2 is 1.85 bits per heavy atom. The summed E-state index contributed by atoms with van der Waals surface area (Å²) in [5, 5.41) is 7.21. The molecule has 1 atom stereocenters. The van der Waals surface area contributed by atoms with Crippen LogP contribution in [-0.4, -0.2) is 41.0 Å². The molecule has 1 amide bonds. The maximum atomic E-state index is 12.9. The van der Waals surface area contributed by atoms with Crippen LogP contribution in [0.5, 0.6) is 0 Å². The zero-order valence-electron chi connectivity index (χ0n) is 16.7. The van der Waals surface area contributed by atoms with Gasteiger partial charge in [0.15, 0.2) is 0 Å². The molecule has 0 aromatic heterocycles. The molecule has 4 rings (SSSR count). The highest BCUT2D eigenvalue weighted by molar-refractivity contribution is 5.98. The lowest BCUT2D eigenvalue weighted by Crippen LogP contribution is -2.57. The minimum atomic E-state index is 0.140. The Bertz CT molecular complexity index is 687. The zero-order chi connectivity index (χ0) is 18.5. The lowest BCUT2D eigenvalue weighted by Gasteiger charge is -2.46. The molecule has 0 spiro atoms. The molecule has 1 aromatic rings. The van der Waals surface area contributed by atoms with E-state index >= 15 is 0 Å². The number of amides is 1. The molecular weight excluding hydrogens is 322 g/mol. The second kappa shape index (κ2) is 6.35. The van der Waals surface area contributed by atoms with Gasteiger partial charge in [-0.15, -0.1) is 0 Å². The number of carbonyl (C=O) groups is 1. The molecule has 4 heteroatoms. The molecule has 26 heavy (non-hydrogen) atoms. The first-order valence-electron chi connectivity index (χ1n) is 10.2. The molecule has 3 aliphatic heterocycles. The molecule has 3 heterocycles. The largest absolute Gasteiger partial charge is 0.330 e. The highest BCUT2D eigenvalue weighted by atomic mass is 16.2. The van der Waals surface area contributed by atoms with Gasteiger partial charge >= 0.3 is 0 Å². The second-order valence-corrected chi connectivity index (χ2v) is 9.85. The van der Waals surface area contributed by atoms with E-state index in [1.165, 1.54) is 11.1 Å². The molecular formula is C22H33N3O. The van der Waals surface area contributed by atoms with Crippen molar-refractivity contribution in [3.8, 4) is 0 Å². The Balaban J connectivity index is 1.57. The average molecular weight is 356 g/mol. The fourth-order valence-electron chi connectivity index (χ4n) is 5.57. The maximum absolute atomic E-state index is 12.9. The van der Waals surface area contributed by atoms with Crippen molar-refractivity contribution in [1.82, 2.24) is 15.5 Å². The first-order valence-corrected chi connectivity index (χ1v) is 10.2. The van der Waals surface area contributed by atoms with Crippen LogP contribution in [-0.2, 0) is 6.54 Å². The molecule has 0 saturated carbocycles. The van der Waals surface area contributed by atoms with Gasteiger partial charge in [0.25, 0.3) is 5.91 Å². The van der Waals surface area contributed by atoms with Gasteiger partial charge < -0.3 is 15.5 Å². The van der Waals surface area contributed by atoms with Crippen molar-refractivity contribution in [2.75, 3.05) is 13.1 Å². The third-order valence-corrected chi connectivity index (χ3v) is 6.33. The number of carbonyl (C=O) groups excluding carboxylic acids is 1. The first-order chi connectivity index (χ1) is 12.2. The van der Waals surface area contributed by atoms with Crippen molar-refractivity contribution in [3.05, 3.63) is 34.9 Å². The molecule has 2 saturated heterocycles. The molecule has 3 aliphatic rings. The van der Waals surface area contributed by atoms with Crippen LogP contribution in [0.25, 0.3) is 0 Å². The number of hydrogen-bond donors (Lipinski definition) is 2. The van der Waals surface area contributed by atoms with Gasteiger partial charge in [-0.25, -0.2) is 0 Å². The van der Waals surface area contributed by atoms with Gasteiger partial charge in [0.2, 0.25) is 0 Å². The van der Waals surface area contributed by atoms with Crippen LogP contribution in [0.4, 0.5) is 0 Å². The molecule has 4 nitrogen and oxygen atoms in total. The number of nitrogens with zero attached hydrogens (tertiary/aromatic N) is 1. The van der Waals surface area contributed by atoms with Crippen LogP contribution in [0.15, 0.2) is 18.2 Å². The SMILES string of the molecule is CC1(C)CC(c2ccc3c(c2)CN(C2CCCNC2)C3=O)CC(C)(C)N1. The third kappa shape index (κ3) is 3.41. The van der Waals surface area contributed by atoms with Crippen molar-refractivity contribution >= 4 is 5.91 Å². The summed E-state index contributed by atoms with van der Waals surface area (Å²) < 4.78 is 0. The summed E-state index contributed by atoms with van der Waals surface area (Å²) >= 11 is 0. The van der Waals surface area contributed by atoms with Gasteiger partial charge in [-0.3, -0.25) is 4.79 Å². The predicted molar refractivity (Wildman–Crippen MR) is 105 cm³/mol. The lowest BCUT2D eigenvalue weighted by atomic mass is 9.73. The zero-order valence-corrected chi connectivity index (χ0v) is 16.7. The Morgan fingerprint density at radius 3 is 2.50 bits per heavy atom. The fraction of sp³-hybridized carbons (Fsp3) is 0.682. The van der Waals surface area contributed by atoms with Gasteiger partial charge in [0.1, 0.15) is 0 Å². The number of fused-ring (bicyclic) bond motifs is 1. The smallest absolute Gasteiger partial charge is 0.254 e. The Labute approximate surface area is 157 Å². The molecule has 0 radical (unpaired) electrons. The second-order valence-electron chi connectivity index (χ2n) is 9.85. The lowest BCUT2D eigenvalue weighted by molar-refractivity contribution is 0.0674. The Kier molecular flexibility index (Phi) is 4.39. The number of rotatable bonds is 2. The van der Waals surface area contributed by atoms with E-state index in [4.69, 9.17) is 0 Å². The van der Waals surface area contributed by atoms with E-state index in [0.717, 1.165) is 50.9 Å². The van der Waals surface area contributed by atoms with E-state index in [2.05, 4.69) is 61.4 Å². The van der Waals surface area contributed by atoms with Crippen molar-refractivity contribution in [3.63, 3.8) is 0 Å². The van der Waals surface area contributed by atoms with Crippen molar-refractivity contribution in [2.24, 2.45) is 0 Å². The van der Waals surface area contributed by atoms with E-state index in [0.29, 0.717) is 12.0 Å². The van der Waals surface area contributed by atoms with Gasteiger partial charge in [-0.2, -0.15) is 0 Å². The molecule has 0 aliphatic carbocycles. The standard InChI is InChI=1S/C22H33N3O/c1-21(2)11-17(12-22(3,4)24-21)15-7-8-19-16(10-15)14-25(20(19)26)18-6-5-9-23-13-18/h7-8,10,17-18,23-24H,5-6,9,11-14H2,1-4H3. The summed E-state index contributed by atoms with van der Waals surface area (Å²) in [7, 11) is 0. The van der Waals surface area contributed by atoms with Crippen LogP contribution in [0, 0.1) is 0 Å². The normalized spacial score (nSPS) is 28.2. The predicted octanol–water partition coefficient (Wildman–Crippen LogP) is 3.42. The molecule has 2 N–H and O–H groups in total. The Hall–Kier alpha value is -1.39. The highest BCUT2D eigenvalue weighted by Crippen LogP contribution is 2.40. The molecule has 1 unspecified atom stereocenters. The van der Waals surface area contributed by atoms with E-state index in [1.54, 1.807) is 0 Å². The number of benzene rings is 1. The van der Waals surface area contributed by atoms with Crippen LogP contribution < -0.4 is 10.6 Å². The van der Waals surface area contributed by atoms with Crippen LogP contribution in [0.1, 0.15) is 80.8 Å². The maximum Gasteiger partial charge on any atom is 0.254 e. The summed E-state index contributed by atoms with van der Waals surface area (Å²) in [6.45, 7) is 12.0. The molecule has 142 valence electrons. The minimum absolute atomic E-state index is 0.140. The summed E-state index contributed by atoms with van der Waals surface area (Å²) in [4.78, 5) is 15.0. The van der Waals surface area contributed by atoms with E-state index in [-0.39, 0.29) is 17.0 Å². The number of hydrogen-bond acceptors (Lipinski definition) is 3. The summed E-state index contributed by atoms with van der Waals surface area (Å²) in [6.07, 6.45) is 4.56. The minimum Gasteiger partial charge on any atom is -0.330 e. The number of piperidine rings is 2. The quantitative estimate of drug-likeness (QED) is 0.854. The van der Waals surface area contributed by atoms with Gasteiger partial charge in [-0.05, 0) is 83.0 Å². The summed E-state index contributed by atoms with van der Waals surface area (Å²) in [5.41, 5.74) is 3.84. The van der Waals surface area contributed by atoms with Crippen molar-refractivity contribution < 1.29 is 4.79 Å². The van der Waals surface area contributed by atoms with Gasteiger partial charge in [0, 0.05) is 35.8 Å². The molecule has 0 bridgehead atoms. The van der Waals surface area contributed by atoms with Crippen LogP contribution in [0.3, 0.4) is 0 Å². The van der Waals surface area contributed by atoms with Crippen molar-refractivity contribution in [1.29, 1.82) is 0 Å². The first kappa shape index (κ1) is 18.0. The van der Waals surface area contributed by atoms with Crippen molar-refractivity contribution in [2.45, 2.75) is 83.0 Å². The summed E-state index contributed by atoms with van der Waals surface area (Å²) in [6, 6.07) is 6.97. The average Bonchev–Trinajstić information content (AvgIpc) is 2.89. The van der Waals surface area contributed by atoms with Gasteiger partial charge in [-0.1, -0.05) is 12.1 Å². The summed E-state index contributed by atoms with van der Waals surface area (Å²) in [5.74, 6) is 0.776. The van der Waals surface area contributed by atoms with Gasteiger partial charge in [0.05, 0.1) is 0 Å². The molecule has 1 aromatic carbocycles. The highest BCUT2D eigenvalue weighted by Gasteiger charge is 2.39. The van der Waals surface area contributed by atoms with E-state index < -0.39 is 0 Å². The van der Waals surface area contributed by atoms with E-state index in [9.17, 15) is 4.79 Å². The fourth-order valence-corrected chi connectivity index (χ4v) is 5.57. The molecule has 2 fully saturated rings. The topological polar surface area (TPSA) is 44.4 Å². The Morgan fingerprint density at radius 1 is 1.12 bits per heavy atom. The third-order valence-electron chi connectivity index (χ3n) is 6.33. The van der Waals surface area contributed by atoms with Crippen LogP contribution >= 0.6 is 0 Å². The van der Waals surface area contributed by atoms with Crippen LogP contribution in [0.2, 0.25) is 0 Å². The number of nitrogens with one attached hydrogen (secondary N) is 2. The van der Waals surface area contributed by atoms with E-state index in [1.807, 2.05) is 0 Å².